The van der Waals surface area contributed by atoms with Gasteiger partial charge in [0.05, 0.1) is 21.8 Å². The number of benzene rings is 4. The van der Waals surface area contributed by atoms with Crippen LogP contribution in [0.2, 0.25) is 0 Å². The summed E-state index contributed by atoms with van der Waals surface area (Å²) in [7, 11) is 0. The summed E-state index contributed by atoms with van der Waals surface area (Å²) in [5, 5.41) is 10.4. The monoisotopic (exact) mass is 694 g/mol. The van der Waals surface area contributed by atoms with Crippen molar-refractivity contribution in [2.24, 2.45) is 0 Å². The number of ether oxygens (including phenoxy) is 2. The largest absolute Gasteiger partial charge is 0.454 e. The average molecular weight is 695 g/mol. The van der Waals surface area contributed by atoms with E-state index in [1.54, 1.807) is 18.2 Å². The number of hydrogen-bond acceptors (Lipinski definition) is 7. The van der Waals surface area contributed by atoms with E-state index in [-0.39, 0.29) is 35.1 Å². The van der Waals surface area contributed by atoms with Crippen molar-refractivity contribution in [1.29, 1.82) is 5.26 Å². The first-order valence-corrected chi connectivity index (χ1v) is 16.6. The number of halogens is 3. The van der Waals surface area contributed by atoms with Crippen molar-refractivity contribution in [3.8, 4) is 23.3 Å². The number of thiazole rings is 1. The molecule has 3 heterocycles. The summed E-state index contributed by atoms with van der Waals surface area (Å²) >= 11 is 0.791. The zero-order valence-corrected chi connectivity index (χ0v) is 27.3. The predicted octanol–water partition coefficient (Wildman–Crippen LogP) is 5.08. The van der Waals surface area contributed by atoms with Gasteiger partial charge in [0.2, 0.25) is 6.79 Å². The third-order valence-electron chi connectivity index (χ3n) is 8.71. The Balaban J connectivity index is 1.29. The second-order valence-electron chi connectivity index (χ2n) is 11.7. The third kappa shape index (κ3) is 6.41. The number of carbonyl (C=O) groups excluding carboxylic acids is 1. The molecule has 2 aliphatic rings. The van der Waals surface area contributed by atoms with Gasteiger partial charge in [0.15, 0.2) is 17.1 Å². The van der Waals surface area contributed by atoms with Crippen LogP contribution in [0.25, 0.3) is 17.3 Å². The van der Waals surface area contributed by atoms with Gasteiger partial charge in [0, 0.05) is 26.2 Å². The molecule has 0 radical (unpaired) electrons. The standard InChI is InChI=1S/C38H29F3N4O4S/c39-38(40,41)29-13-7-8-14-30(29)45-36(47)33(22-25-15-16-31-32(21-25)49-24-48-31)50-37(45)28(23-42)35(46)44-19-17-43(18-20-44)34(26-9-3-1-4-10-26)27-11-5-2-6-12-27/h1-16,21-22,34H,17-20,24H2/b33-22-,37-28-. The van der Waals surface area contributed by atoms with Crippen LogP contribution in [0.1, 0.15) is 28.3 Å². The molecule has 5 aromatic rings. The zero-order chi connectivity index (χ0) is 34.8. The molecule has 0 bridgehead atoms. The highest BCUT2D eigenvalue weighted by Gasteiger charge is 2.35. The molecular formula is C38H29F3N4O4S. The first-order valence-electron chi connectivity index (χ1n) is 15.8. The highest BCUT2D eigenvalue weighted by Crippen LogP contribution is 2.34. The summed E-state index contributed by atoms with van der Waals surface area (Å²) in [5.41, 5.74) is -0.0195. The average Bonchev–Trinajstić information content (AvgIpc) is 3.73. The van der Waals surface area contributed by atoms with Crippen molar-refractivity contribution < 1.29 is 27.4 Å². The first-order chi connectivity index (χ1) is 24.2. The van der Waals surface area contributed by atoms with Crippen molar-refractivity contribution in [3.63, 3.8) is 0 Å². The van der Waals surface area contributed by atoms with Gasteiger partial charge < -0.3 is 14.4 Å². The second kappa shape index (κ2) is 13.7. The molecule has 1 amide bonds. The van der Waals surface area contributed by atoms with E-state index in [4.69, 9.17) is 9.47 Å². The summed E-state index contributed by atoms with van der Waals surface area (Å²) in [4.78, 5) is 31.9. The predicted molar refractivity (Wildman–Crippen MR) is 182 cm³/mol. The summed E-state index contributed by atoms with van der Waals surface area (Å²) < 4.78 is 54.3. The van der Waals surface area contributed by atoms with Crippen molar-refractivity contribution in [2.75, 3.05) is 33.0 Å². The quantitative estimate of drug-likeness (QED) is 0.247. The number of alkyl halides is 3. The Labute approximate surface area is 288 Å². The molecular weight excluding hydrogens is 666 g/mol. The van der Waals surface area contributed by atoms with Gasteiger partial charge in [-0.05, 0) is 47.0 Å². The number of fused-ring (bicyclic) bond motifs is 1. The molecule has 252 valence electrons. The summed E-state index contributed by atoms with van der Waals surface area (Å²) in [6.45, 7) is 1.54. The van der Waals surface area contributed by atoms with E-state index in [2.05, 4.69) is 29.2 Å². The second-order valence-corrected chi connectivity index (χ2v) is 12.8. The molecule has 0 unspecified atom stereocenters. The molecule has 0 spiro atoms. The number of carbonyl (C=O) groups is 1. The number of amides is 1. The Kier molecular flexibility index (Phi) is 9.01. The van der Waals surface area contributed by atoms with Gasteiger partial charge >= 0.3 is 6.18 Å². The minimum Gasteiger partial charge on any atom is -0.454 e. The summed E-state index contributed by atoms with van der Waals surface area (Å²) in [5.74, 6) is 0.325. The summed E-state index contributed by atoms with van der Waals surface area (Å²) in [6, 6.07) is 31.6. The molecule has 0 saturated carbocycles. The van der Waals surface area contributed by atoms with E-state index in [1.165, 1.54) is 23.1 Å². The van der Waals surface area contributed by atoms with Gasteiger partial charge in [-0.2, -0.15) is 18.4 Å². The minimum absolute atomic E-state index is 0.0368. The van der Waals surface area contributed by atoms with Crippen molar-refractivity contribution >= 4 is 28.9 Å². The van der Waals surface area contributed by atoms with E-state index in [0.717, 1.165) is 39.2 Å². The number of nitrogens with zero attached hydrogens (tertiary/aromatic N) is 4. The Morgan fingerprint density at radius 3 is 2.10 bits per heavy atom. The summed E-state index contributed by atoms with van der Waals surface area (Å²) in [6.07, 6.45) is -3.31. The van der Waals surface area contributed by atoms with Crippen LogP contribution in [0.3, 0.4) is 0 Å². The maximum Gasteiger partial charge on any atom is 0.418 e. The highest BCUT2D eigenvalue weighted by atomic mass is 32.1. The third-order valence-corrected chi connectivity index (χ3v) is 9.80. The van der Waals surface area contributed by atoms with Crippen molar-refractivity contribution in [1.82, 2.24) is 14.4 Å². The molecule has 0 aliphatic carbocycles. The molecule has 1 fully saturated rings. The lowest BCUT2D eigenvalue weighted by Gasteiger charge is -2.39. The molecule has 50 heavy (non-hydrogen) atoms. The Morgan fingerprint density at radius 2 is 1.46 bits per heavy atom. The van der Waals surface area contributed by atoms with E-state index in [0.29, 0.717) is 30.2 Å². The maximum absolute atomic E-state index is 14.3. The zero-order valence-electron chi connectivity index (χ0n) is 26.5. The Bertz CT molecular complexity index is 2230. The van der Waals surface area contributed by atoms with Crippen LogP contribution in [0.4, 0.5) is 13.2 Å². The van der Waals surface area contributed by atoms with Gasteiger partial charge in [-0.25, -0.2) is 0 Å². The molecule has 1 aromatic heterocycles. The molecule has 12 heteroatoms. The van der Waals surface area contributed by atoms with Crippen molar-refractivity contribution in [3.05, 3.63) is 145 Å². The van der Waals surface area contributed by atoms with E-state index >= 15 is 0 Å². The molecule has 0 atom stereocenters. The Morgan fingerprint density at radius 1 is 0.840 bits per heavy atom. The Hall–Kier alpha value is -5.64. The topological polar surface area (TPSA) is 87.8 Å². The fraction of sp³-hybridized carbons (Fsp3) is 0.184. The van der Waals surface area contributed by atoms with Crippen LogP contribution < -0.4 is 24.2 Å². The van der Waals surface area contributed by atoms with Gasteiger partial charge in [-0.15, -0.1) is 11.3 Å². The number of rotatable bonds is 6. The number of aromatic nitrogens is 1. The fourth-order valence-electron chi connectivity index (χ4n) is 6.34. The van der Waals surface area contributed by atoms with Crippen LogP contribution >= 0.6 is 11.3 Å². The SMILES string of the molecule is N#C/C(C(=O)N1CCN(C(c2ccccc2)c2ccccc2)CC1)=c1/s/c(=C\c2ccc3c(c2)OCO3)c(=O)n1-c1ccccc1C(F)(F)F. The van der Waals surface area contributed by atoms with Crippen LogP contribution in [0, 0.1) is 11.3 Å². The van der Waals surface area contributed by atoms with Crippen LogP contribution in [0.15, 0.2) is 108 Å². The minimum atomic E-state index is -4.81. The molecule has 8 nitrogen and oxygen atoms in total. The number of nitriles is 1. The first kappa shape index (κ1) is 32.9. The van der Waals surface area contributed by atoms with Gasteiger partial charge in [-0.3, -0.25) is 19.1 Å². The fourth-order valence-corrected chi connectivity index (χ4v) is 7.43. The molecule has 4 aromatic carbocycles. The lowest BCUT2D eigenvalue weighted by molar-refractivity contribution is -0.137. The van der Waals surface area contributed by atoms with E-state index in [1.807, 2.05) is 42.5 Å². The van der Waals surface area contributed by atoms with E-state index in [9.17, 15) is 28.0 Å². The molecule has 7 rings (SSSR count). The van der Waals surface area contributed by atoms with Gasteiger partial charge in [-0.1, -0.05) is 78.9 Å². The van der Waals surface area contributed by atoms with Crippen molar-refractivity contribution in [2.45, 2.75) is 12.2 Å². The lowest BCUT2D eigenvalue weighted by Crippen LogP contribution is -2.50. The number of para-hydroxylation sites is 1. The molecule has 1 saturated heterocycles. The highest BCUT2D eigenvalue weighted by molar-refractivity contribution is 7.07. The normalized spacial score (nSPS) is 15.7. The van der Waals surface area contributed by atoms with Gasteiger partial charge in [0.1, 0.15) is 10.7 Å². The van der Waals surface area contributed by atoms with E-state index < -0.39 is 34.5 Å². The molecule has 0 N–H and O–H groups in total. The maximum atomic E-state index is 14.3. The van der Waals surface area contributed by atoms with Crippen LogP contribution in [-0.4, -0.2) is 53.2 Å². The lowest BCUT2D eigenvalue weighted by atomic mass is 9.96. The number of piperazine rings is 1. The number of hydrogen-bond donors (Lipinski definition) is 0. The van der Waals surface area contributed by atoms with Crippen LogP contribution in [-0.2, 0) is 11.0 Å². The molecule has 2 aliphatic heterocycles. The smallest absolute Gasteiger partial charge is 0.418 e. The van der Waals surface area contributed by atoms with Gasteiger partial charge in [0.25, 0.3) is 11.5 Å². The van der Waals surface area contributed by atoms with Crippen LogP contribution in [0.5, 0.6) is 11.5 Å².